The van der Waals surface area contributed by atoms with Gasteiger partial charge < -0.3 is 10.4 Å². The van der Waals surface area contributed by atoms with Crippen LogP contribution in [0.3, 0.4) is 0 Å². The van der Waals surface area contributed by atoms with Gasteiger partial charge in [-0.2, -0.15) is 11.8 Å². The highest BCUT2D eigenvalue weighted by Gasteiger charge is 2.22. The van der Waals surface area contributed by atoms with E-state index < -0.39 is 0 Å². The second-order valence-corrected chi connectivity index (χ2v) is 7.62. The van der Waals surface area contributed by atoms with E-state index in [1.165, 1.54) is 23.3 Å². The lowest BCUT2D eigenvalue weighted by molar-refractivity contribution is 0.154. The Balaban J connectivity index is 2.16. The normalized spacial score (nSPS) is 14.4. The van der Waals surface area contributed by atoms with E-state index in [4.69, 9.17) is 0 Å². The fourth-order valence-corrected chi connectivity index (χ4v) is 3.57. The Morgan fingerprint density at radius 3 is 2.67 bits per heavy atom. The Kier molecular flexibility index (Phi) is 8.38. The van der Waals surface area contributed by atoms with Crippen LogP contribution < -0.4 is 5.32 Å². The van der Waals surface area contributed by atoms with E-state index in [2.05, 4.69) is 57.3 Å². The van der Waals surface area contributed by atoms with Gasteiger partial charge in [0.2, 0.25) is 0 Å². The minimum atomic E-state index is -0.130. The summed E-state index contributed by atoms with van der Waals surface area (Å²) in [6.45, 7) is 8.73. The summed E-state index contributed by atoms with van der Waals surface area (Å²) in [5, 5.41) is 13.0. The molecule has 21 heavy (non-hydrogen) atoms. The lowest BCUT2D eigenvalue weighted by Gasteiger charge is -2.31. The van der Waals surface area contributed by atoms with E-state index in [0.717, 1.165) is 18.6 Å². The monoisotopic (exact) mass is 309 g/mol. The Hall–Kier alpha value is -0.510. The third kappa shape index (κ3) is 7.89. The molecule has 1 aromatic rings. The summed E-state index contributed by atoms with van der Waals surface area (Å²) < 4.78 is 0. The molecule has 3 heteroatoms. The zero-order chi connectivity index (χ0) is 15.7. The van der Waals surface area contributed by atoms with Gasteiger partial charge in [-0.25, -0.2) is 0 Å². The third-order valence-electron chi connectivity index (χ3n) is 3.60. The minimum Gasteiger partial charge on any atom is -0.394 e. The molecular formula is C18H31NOS. The van der Waals surface area contributed by atoms with Crippen LogP contribution in [0.1, 0.15) is 51.2 Å². The minimum absolute atomic E-state index is 0.130. The first-order valence-electron chi connectivity index (χ1n) is 7.97. The fraction of sp³-hybridized carbons (Fsp3) is 0.667. The van der Waals surface area contributed by atoms with E-state index in [9.17, 15) is 5.11 Å². The molecule has 0 aromatic heterocycles. The molecule has 2 N–H and O–H groups in total. The largest absolute Gasteiger partial charge is 0.394 e. The highest BCUT2D eigenvalue weighted by molar-refractivity contribution is 7.98. The summed E-state index contributed by atoms with van der Waals surface area (Å²) in [5.41, 5.74) is 2.63. The Labute approximate surface area is 134 Å². The number of rotatable bonds is 10. The first kappa shape index (κ1) is 18.5. The number of benzene rings is 1. The van der Waals surface area contributed by atoms with Crippen LogP contribution in [-0.4, -0.2) is 29.0 Å². The van der Waals surface area contributed by atoms with Gasteiger partial charge >= 0.3 is 0 Å². The molecule has 0 saturated carbocycles. The van der Waals surface area contributed by atoms with Crippen LogP contribution in [0.2, 0.25) is 0 Å². The molecule has 2 nitrogen and oxygen atoms in total. The van der Waals surface area contributed by atoms with Crippen LogP contribution in [0.4, 0.5) is 0 Å². The van der Waals surface area contributed by atoms with Crippen LogP contribution >= 0.6 is 11.8 Å². The molecule has 0 aliphatic heterocycles. The molecule has 1 unspecified atom stereocenters. The molecule has 0 heterocycles. The summed E-state index contributed by atoms with van der Waals surface area (Å²) in [7, 11) is 0. The molecule has 0 bridgehead atoms. The summed E-state index contributed by atoms with van der Waals surface area (Å²) in [6.07, 6.45) is 3.41. The van der Waals surface area contributed by atoms with Gasteiger partial charge in [-0.1, -0.05) is 50.1 Å². The van der Waals surface area contributed by atoms with Gasteiger partial charge in [-0.05, 0) is 38.0 Å². The maximum Gasteiger partial charge on any atom is 0.0610 e. The Morgan fingerprint density at radius 2 is 2.05 bits per heavy atom. The number of unbranched alkanes of at least 4 members (excludes halogenated alkanes) is 1. The second-order valence-electron chi connectivity index (χ2n) is 6.52. The summed E-state index contributed by atoms with van der Waals surface area (Å²) in [4.78, 5) is 0. The zero-order valence-electron chi connectivity index (χ0n) is 14.0. The predicted octanol–water partition coefficient (Wildman–Crippen LogP) is 4.15. The first-order valence-corrected chi connectivity index (χ1v) is 9.12. The Bertz CT molecular complexity index is 408. The van der Waals surface area contributed by atoms with Crippen molar-refractivity contribution in [1.29, 1.82) is 0 Å². The third-order valence-corrected chi connectivity index (χ3v) is 4.72. The molecule has 0 fully saturated rings. The van der Waals surface area contributed by atoms with Crippen molar-refractivity contribution in [3.05, 3.63) is 35.4 Å². The molecule has 0 saturated heterocycles. The number of aliphatic hydroxyl groups is 1. The predicted molar refractivity (Wildman–Crippen MR) is 95.0 cm³/mol. The number of nitrogens with one attached hydrogen (secondary N) is 1. The van der Waals surface area contributed by atoms with Crippen molar-refractivity contribution in [2.75, 3.05) is 12.4 Å². The van der Waals surface area contributed by atoms with E-state index in [0.29, 0.717) is 6.04 Å². The van der Waals surface area contributed by atoms with Crippen LogP contribution in [-0.2, 0) is 5.75 Å². The highest BCUT2D eigenvalue weighted by atomic mass is 32.2. The van der Waals surface area contributed by atoms with Gasteiger partial charge in [0.15, 0.2) is 0 Å². The molecule has 1 rings (SSSR count). The molecule has 0 amide bonds. The molecular weight excluding hydrogens is 278 g/mol. The van der Waals surface area contributed by atoms with Crippen molar-refractivity contribution in [1.82, 2.24) is 5.32 Å². The zero-order valence-corrected chi connectivity index (χ0v) is 14.8. The summed E-state index contributed by atoms with van der Waals surface area (Å²) >= 11 is 2.00. The first-order chi connectivity index (χ1) is 9.95. The second kappa shape index (κ2) is 9.50. The average Bonchev–Trinajstić information content (AvgIpc) is 2.42. The maximum absolute atomic E-state index is 9.54. The summed E-state index contributed by atoms with van der Waals surface area (Å²) in [6, 6.07) is 9.16. The lowest BCUT2D eigenvalue weighted by atomic mass is 9.95. The van der Waals surface area contributed by atoms with E-state index >= 15 is 0 Å². The molecule has 0 spiro atoms. The van der Waals surface area contributed by atoms with Gasteiger partial charge in [0.25, 0.3) is 0 Å². The number of aryl methyl sites for hydroxylation is 1. The Morgan fingerprint density at radius 1 is 1.29 bits per heavy atom. The quantitative estimate of drug-likeness (QED) is 0.637. The van der Waals surface area contributed by atoms with Gasteiger partial charge in [0, 0.05) is 17.3 Å². The number of aliphatic hydroxyl groups excluding tert-OH is 1. The molecule has 0 aliphatic carbocycles. The number of hydrogen-bond donors (Lipinski definition) is 2. The number of thioether (sulfide) groups is 1. The SMILES string of the molecule is Cc1cccc(CSCCCCC(C)(CO)NC(C)C)c1. The van der Waals surface area contributed by atoms with Crippen LogP contribution in [0.5, 0.6) is 0 Å². The lowest BCUT2D eigenvalue weighted by Crippen LogP contribution is -2.49. The van der Waals surface area contributed by atoms with Crippen molar-refractivity contribution in [2.24, 2.45) is 0 Å². The van der Waals surface area contributed by atoms with E-state index in [-0.39, 0.29) is 12.1 Å². The molecule has 1 aromatic carbocycles. The average molecular weight is 310 g/mol. The van der Waals surface area contributed by atoms with Crippen molar-refractivity contribution in [2.45, 2.75) is 64.3 Å². The maximum atomic E-state index is 9.54. The van der Waals surface area contributed by atoms with E-state index in [1.54, 1.807) is 0 Å². The van der Waals surface area contributed by atoms with Gasteiger partial charge in [-0.15, -0.1) is 0 Å². The summed E-state index contributed by atoms with van der Waals surface area (Å²) in [5.74, 6) is 2.29. The molecule has 0 radical (unpaired) electrons. The molecule has 1 atom stereocenters. The number of hydrogen-bond acceptors (Lipinski definition) is 3. The van der Waals surface area contributed by atoms with Gasteiger partial charge in [0.1, 0.15) is 0 Å². The smallest absolute Gasteiger partial charge is 0.0610 e. The van der Waals surface area contributed by atoms with Crippen molar-refractivity contribution < 1.29 is 5.11 Å². The van der Waals surface area contributed by atoms with Crippen molar-refractivity contribution in [3.8, 4) is 0 Å². The van der Waals surface area contributed by atoms with Gasteiger partial charge in [-0.3, -0.25) is 0 Å². The van der Waals surface area contributed by atoms with E-state index in [1.807, 2.05) is 11.8 Å². The van der Waals surface area contributed by atoms with Crippen LogP contribution in [0.15, 0.2) is 24.3 Å². The molecule has 120 valence electrons. The van der Waals surface area contributed by atoms with Crippen LogP contribution in [0.25, 0.3) is 0 Å². The molecule has 0 aliphatic rings. The fourth-order valence-electron chi connectivity index (χ4n) is 2.61. The van der Waals surface area contributed by atoms with Crippen LogP contribution in [0, 0.1) is 6.92 Å². The topological polar surface area (TPSA) is 32.3 Å². The standard InChI is InChI=1S/C18H31NOS/c1-15(2)19-18(4,14-20)10-5-6-11-21-13-17-9-7-8-16(3)12-17/h7-9,12,15,19-20H,5-6,10-11,13-14H2,1-4H3. The highest BCUT2D eigenvalue weighted by Crippen LogP contribution is 2.18. The van der Waals surface area contributed by atoms with Crippen molar-refractivity contribution in [3.63, 3.8) is 0 Å². The van der Waals surface area contributed by atoms with Gasteiger partial charge in [0.05, 0.1) is 6.61 Å². The van der Waals surface area contributed by atoms with Crippen molar-refractivity contribution >= 4 is 11.8 Å².